The molecule has 4 nitrogen and oxygen atoms in total. The third-order valence-corrected chi connectivity index (χ3v) is 2.85. The first-order chi connectivity index (χ1) is 7.95. The first-order valence-corrected chi connectivity index (χ1v) is 6.53. The van der Waals surface area contributed by atoms with Crippen LogP contribution in [0.4, 0.5) is 0 Å². The van der Waals surface area contributed by atoms with Crippen molar-refractivity contribution in [1.82, 2.24) is 0 Å². The molecule has 0 radical (unpaired) electrons. The standard InChI is InChI=1S/C13H28NO3/c1-5-6-14(7-9-15,11-13(4)16)8-10-17-12(2)3/h12,15H,5-11H2,1-4H3/q+1. The lowest BCUT2D eigenvalue weighted by Gasteiger charge is -2.37. The van der Waals surface area contributed by atoms with Crippen LogP contribution in [0.5, 0.6) is 0 Å². The molecule has 0 spiro atoms. The zero-order valence-electron chi connectivity index (χ0n) is 11.7. The van der Waals surface area contributed by atoms with Gasteiger partial charge in [0.25, 0.3) is 0 Å². The third-order valence-electron chi connectivity index (χ3n) is 2.85. The maximum atomic E-state index is 11.4. The van der Waals surface area contributed by atoms with Crippen LogP contribution in [0.3, 0.4) is 0 Å². The van der Waals surface area contributed by atoms with E-state index < -0.39 is 0 Å². The van der Waals surface area contributed by atoms with Crippen LogP contribution < -0.4 is 0 Å². The third kappa shape index (κ3) is 7.47. The monoisotopic (exact) mass is 246 g/mol. The van der Waals surface area contributed by atoms with E-state index in [0.29, 0.717) is 24.2 Å². The summed E-state index contributed by atoms with van der Waals surface area (Å²) in [6.07, 6.45) is 1.22. The normalized spacial score (nSPS) is 14.9. The van der Waals surface area contributed by atoms with E-state index in [4.69, 9.17) is 4.74 Å². The summed E-state index contributed by atoms with van der Waals surface area (Å²) in [4.78, 5) is 11.4. The van der Waals surface area contributed by atoms with Gasteiger partial charge in [-0.25, -0.2) is 0 Å². The van der Waals surface area contributed by atoms with Crippen molar-refractivity contribution in [1.29, 1.82) is 0 Å². The number of carbonyl (C=O) groups excluding carboxylic acids is 1. The van der Waals surface area contributed by atoms with Crippen LogP contribution >= 0.6 is 0 Å². The molecular formula is C13H28NO3+. The number of quaternary nitrogens is 1. The molecule has 4 heteroatoms. The molecule has 102 valence electrons. The topological polar surface area (TPSA) is 46.5 Å². The average molecular weight is 246 g/mol. The van der Waals surface area contributed by atoms with Crippen molar-refractivity contribution in [2.75, 3.05) is 39.4 Å². The van der Waals surface area contributed by atoms with Crippen molar-refractivity contribution in [2.24, 2.45) is 0 Å². The molecule has 0 heterocycles. The Hall–Kier alpha value is -0.450. The number of carbonyl (C=O) groups is 1. The molecule has 0 aromatic heterocycles. The van der Waals surface area contributed by atoms with Crippen molar-refractivity contribution in [3.63, 3.8) is 0 Å². The van der Waals surface area contributed by atoms with Gasteiger partial charge in [0.1, 0.15) is 19.6 Å². The van der Waals surface area contributed by atoms with Gasteiger partial charge in [-0.1, -0.05) is 6.92 Å². The second-order valence-corrected chi connectivity index (χ2v) is 5.02. The highest BCUT2D eigenvalue weighted by molar-refractivity contribution is 5.76. The average Bonchev–Trinajstić information content (AvgIpc) is 2.16. The molecule has 0 aliphatic rings. The summed E-state index contributed by atoms with van der Waals surface area (Å²) in [5, 5.41) is 9.18. The summed E-state index contributed by atoms with van der Waals surface area (Å²) < 4.78 is 6.21. The molecule has 0 saturated heterocycles. The van der Waals surface area contributed by atoms with Crippen LogP contribution in [0, 0.1) is 0 Å². The quantitative estimate of drug-likeness (QED) is 0.590. The number of ketones is 1. The Kier molecular flexibility index (Phi) is 8.39. The Morgan fingerprint density at radius 1 is 1.29 bits per heavy atom. The Balaban J connectivity index is 4.46. The van der Waals surface area contributed by atoms with Gasteiger partial charge in [-0.15, -0.1) is 0 Å². The highest BCUT2D eigenvalue weighted by atomic mass is 16.5. The van der Waals surface area contributed by atoms with E-state index in [2.05, 4.69) is 6.92 Å². The smallest absolute Gasteiger partial charge is 0.183 e. The molecule has 0 aliphatic heterocycles. The number of hydrogen-bond acceptors (Lipinski definition) is 3. The SMILES string of the molecule is CCC[N+](CCO)(CCOC(C)C)CC(C)=O. The summed E-state index contributed by atoms with van der Waals surface area (Å²) in [6.45, 7) is 11.3. The van der Waals surface area contributed by atoms with Gasteiger partial charge in [-0.05, 0) is 20.3 Å². The Bertz CT molecular complexity index is 211. The van der Waals surface area contributed by atoms with E-state index in [9.17, 15) is 9.90 Å². The number of aliphatic hydroxyl groups excluding tert-OH is 1. The maximum absolute atomic E-state index is 11.4. The fourth-order valence-electron chi connectivity index (χ4n) is 2.21. The van der Waals surface area contributed by atoms with Gasteiger partial charge in [-0.3, -0.25) is 4.79 Å². The Morgan fingerprint density at radius 2 is 1.94 bits per heavy atom. The maximum Gasteiger partial charge on any atom is 0.183 e. The van der Waals surface area contributed by atoms with Gasteiger partial charge < -0.3 is 14.3 Å². The summed E-state index contributed by atoms with van der Waals surface area (Å²) in [7, 11) is 0. The molecule has 0 rings (SSSR count). The second kappa shape index (κ2) is 8.61. The Labute approximate surface area is 105 Å². The number of rotatable bonds is 10. The fourth-order valence-corrected chi connectivity index (χ4v) is 2.21. The van der Waals surface area contributed by atoms with Crippen LogP contribution in [0.1, 0.15) is 34.1 Å². The van der Waals surface area contributed by atoms with Crippen LogP contribution in [-0.4, -0.2) is 60.9 Å². The number of Topliss-reactive ketones (excluding diaryl/α,β-unsaturated/α-hetero) is 1. The van der Waals surface area contributed by atoms with Crippen LogP contribution in [0.2, 0.25) is 0 Å². The highest BCUT2D eigenvalue weighted by Gasteiger charge is 2.27. The van der Waals surface area contributed by atoms with E-state index >= 15 is 0 Å². The molecule has 1 atom stereocenters. The minimum absolute atomic E-state index is 0.120. The summed E-state index contributed by atoms with van der Waals surface area (Å²) in [6, 6.07) is 0. The number of nitrogens with zero attached hydrogens (tertiary/aromatic N) is 1. The molecule has 0 amide bonds. The molecule has 0 aliphatic carbocycles. The molecule has 0 bridgehead atoms. The minimum Gasteiger partial charge on any atom is -0.391 e. The lowest BCUT2D eigenvalue weighted by Crippen LogP contribution is -2.54. The van der Waals surface area contributed by atoms with Gasteiger partial charge in [0.2, 0.25) is 0 Å². The highest BCUT2D eigenvalue weighted by Crippen LogP contribution is 2.09. The summed E-state index contributed by atoms with van der Waals surface area (Å²) >= 11 is 0. The molecular weight excluding hydrogens is 218 g/mol. The van der Waals surface area contributed by atoms with Crippen molar-refractivity contribution < 1.29 is 19.1 Å². The predicted molar refractivity (Wildman–Crippen MR) is 68.9 cm³/mol. The van der Waals surface area contributed by atoms with Crippen LogP contribution in [0.15, 0.2) is 0 Å². The zero-order valence-corrected chi connectivity index (χ0v) is 11.7. The van der Waals surface area contributed by atoms with E-state index in [1.165, 1.54) is 0 Å². The molecule has 1 unspecified atom stereocenters. The second-order valence-electron chi connectivity index (χ2n) is 5.02. The minimum atomic E-state index is 0.120. The lowest BCUT2D eigenvalue weighted by atomic mass is 10.2. The zero-order chi connectivity index (χ0) is 13.3. The van der Waals surface area contributed by atoms with Gasteiger partial charge in [0.15, 0.2) is 5.78 Å². The lowest BCUT2D eigenvalue weighted by molar-refractivity contribution is -0.921. The molecule has 0 aromatic rings. The number of aliphatic hydroxyl groups is 1. The van der Waals surface area contributed by atoms with Crippen molar-refractivity contribution in [2.45, 2.75) is 40.2 Å². The van der Waals surface area contributed by atoms with E-state index in [-0.39, 0.29) is 18.5 Å². The molecule has 1 N–H and O–H groups in total. The van der Waals surface area contributed by atoms with E-state index in [1.807, 2.05) is 13.8 Å². The Morgan fingerprint density at radius 3 is 2.35 bits per heavy atom. The summed E-state index contributed by atoms with van der Waals surface area (Å²) in [5.41, 5.74) is 0. The summed E-state index contributed by atoms with van der Waals surface area (Å²) in [5.74, 6) is 0.177. The molecule has 17 heavy (non-hydrogen) atoms. The number of ether oxygens (including phenoxy) is 1. The first kappa shape index (κ1) is 16.6. The van der Waals surface area contributed by atoms with Crippen LogP contribution in [-0.2, 0) is 9.53 Å². The van der Waals surface area contributed by atoms with Gasteiger partial charge in [0.05, 0.1) is 25.9 Å². The van der Waals surface area contributed by atoms with Crippen molar-refractivity contribution in [3.05, 3.63) is 0 Å². The molecule has 0 fully saturated rings. The predicted octanol–water partition coefficient (Wildman–Crippen LogP) is 1.22. The number of hydrogen-bond donors (Lipinski definition) is 1. The first-order valence-electron chi connectivity index (χ1n) is 6.53. The van der Waals surface area contributed by atoms with E-state index in [0.717, 1.165) is 19.5 Å². The molecule has 0 aromatic carbocycles. The van der Waals surface area contributed by atoms with Crippen molar-refractivity contribution in [3.8, 4) is 0 Å². The van der Waals surface area contributed by atoms with Crippen molar-refractivity contribution >= 4 is 5.78 Å². The van der Waals surface area contributed by atoms with Crippen LogP contribution in [0.25, 0.3) is 0 Å². The van der Waals surface area contributed by atoms with Gasteiger partial charge in [-0.2, -0.15) is 0 Å². The molecule has 0 saturated carbocycles. The fraction of sp³-hybridized carbons (Fsp3) is 0.923. The largest absolute Gasteiger partial charge is 0.391 e. The van der Waals surface area contributed by atoms with Gasteiger partial charge in [0, 0.05) is 6.92 Å². The van der Waals surface area contributed by atoms with Gasteiger partial charge >= 0.3 is 0 Å². The van der Waals surface area contributed by atoms with E-state index in [1.54, 1.807) is 6.92 Å².